The lowest BCUT2D eigenvalue weighted by molar-refractivity contribution is 0.211. The molecule has 1 unspecified atom stereocenters. The summed E-state index contributed by atoms with van der Waals surface area (Å²) >= 11 is 0. The van der Waals surface area contributed by atoms with Crippen LogP contribution in [0.3, 0.4) is 0 Å². The number of rotatable bonds is 3. The van der Waals surface area contributed by atoms with Crippen molar-refractivity contribution in [1.29, 1.82) is 0 Å². The molecule has 0 saturated carbocycles. The number of aromatic nitrogens is 2. The maximum Gasteiger partial charge on any atom is 0.143 e. The predicted molar refractivity (Wildman–Crippen MR) is 77.5 cm³/mol. The van der Waals surface area contributed by atoms with Crippen molar-refractivity contribution in [3.8, 4) is 11.5 Å². The fraction of sp³-hybridized carbons (Fsp3) is 0.400. The van der Waals surface area contributed by atoms with Gasteiger partial charge in [0.1, 0.15) is 17.6 Å². The molecule has 20 heavy (non-hydrogen) atoms. The Morgan fingerprint density at radius 3 is 3.05 bits per heavy atom. The van der Waals surface area contributed by atoms with Gasteiger partial charge in [0, 0.05) is 23.9 Å². The second-order valence-corrected chi connectivity index (χ2v) is 5.16. The van der Waals surface area contributed by atoms with E-state index in [1.807, 2.05) is 31.3 Å². The number of H-pyrrole nitrogens is 1. The van der Waals surface area contributed by atoms with Crippen LogP contribution in [0.5, 0.6) is 11.5 Å². The highest BCUT2D eigenvalue weighted by molar-refractivity contribution is 5.63. The van der Waals surface area contributed by atoms with Gasteiger partial charge in [-0.3, -0.25) is 5.10 Å². The zero-order valence-electron chi connectivity index (χ0n) is 12.0. The summed E-state index contributed by atoms with van der Waals surface area (Å²) in [6.07, 6.45) is 2.05. The number of ether oxygens (including phenoxy) is 2. The summed E-state index contributed by atoms with van der Waals surface area (Å²) < 4.78 is 11.2. The molecule has 1 atom stereocenters. The van der Waals surface area contributed by atoms with Gasteiger partial charge in [0.2, 0.25) is 0 Å². The predicted octanol–water partition coefficient (Wildman–Crippen LogP) is 2.51. The Hall–Kier alpha value is -2.17. The summed E-state index contributed by atoms with van der Waals surface area (Å²) in [6, 6.07) is 5.92. The van der Waals surface area contributed by atoms with E-state index in [9.17, 15) is 0 Å². The molecule has 0 amide bonds. The molecule has 0 fully saturated rings. The van der Waals surface area contributed by atoms with E-state index in [0.717, 1.165) is 36.0 Å². The molecule has 0 aliphatic carbocycles. The Morgan fingerprint density at radius 1 is 1.50 bits per heavy atom. The summed E-state index contributed by atoms with van der Waals surface area (Å²) in [5.74, 6) is 1.75. The van der Waals surface area contributed by atoms with Crippen molar-refractivity contribution in [3.63, 3.8) is 0 Å². The fourth-order valence-corrected chi connectivity index (χ4v) is 2.52. The number of aryl methyl sites for hydroxylation is 1. The lowest BCUT2D eigenvalue weighted by Crippen LogP contribution is -2.38. The van der Waals surface area contributed by atoms with Crippen LogP contribution in [-0.2, 0) is 6.54 Å². The van der Waals surface area contributed by atoms with Gasteiger partial charge in [0.05, 0.1) is 25.5 Å². The first-order chi connectivity index (χ1) is 9.67. The summed E-state index contributed by atoms with van der Waals surface area (Å²) in [5, 5.41) is 7.07. The largest absolute Gasteiger partial charge is 0.497 e. The van der Waals surface area contributed by atoms with Crippen molar-refractivity contribution in [2.24, 2.45) is 0 Å². The summed E-state index contributed by atoms with van der Waals surface area (Å²) in [7, 11) is 1.68. The molecule has 0 spiro atoms. The van der Waals surface area contributed by atoms with Crippen LogP contribution in [-0.4, -0.2) is 30.0 Å². The Bertz CT molecular complexity index is 609. The van der Waals surface area contributed by atoms with Crippen LogP contribution >= 0.6 is 0 Å². The Balaban J connectivity index is 1.94. The molecule has 2 heterocycles. The molecule has 5 nitrogen and oxygen atoms in total. The lowest BCUT2D eigenvalue weighted by Gasteiger charge is -2.35. The van der Waals surface area contributed by atoms with Gasteiger partial charge in [-0.1, -0.05) is 0 Å². The number of methoxy groups -OCH3 is 1. The number of hydrogen-bond acceptors (Lipinski definition) is 4. The molecule has 106 valence electrons. The maximum absolute atomic E-state index is 5.89. The van der Waals surface area contributed by atoms with Crippen molar-refractivity contribution >= 4 is 5.69 Å². The second kappa shape index (κ2) is 5.07. The van der Waals surface area contributed by atoms with Crippen LogP contribution in [0.4, 0.5) is 5.69 Å². The molecule has 1 N–H and O–H groups in total. The highest BCUT2D eigenvalue weighted by Crippen LogP contribution is 2.37. The maximum atomic E-state index is 5.89. The number of aromatic amines is 1. The van der Waals surface area contributed by atoms with E-state index >= 15 is 0 Å². The standard InChI is InChI=1S/C15H19N3O2/c1-10-8-18(9-12-7-16-17-11(12)2)14-6-13(19-3)4-5-15(14)20-10/h4-7,10H,8-9H2,1-3H3,(H,16,17). The van der Waals surface area contributed by atoms with Gasteiger partial charge >= 0.3 is 0 Å². The highest BCUT2D eigenvalue weighted by atomic mass is 16.5. The van der Waals surface area contributed by atoms with E-state index in [1.54, 1.807) is 7.11 Å². The number of fused-ring (bicyclic) bond motifs is 1. The van der Waals surface area contributed by atoms with Gasteiger partial charge in [-0.15, -0.1) is 0 Å². The molecular formula is C15H19N3O2. The molecule has 0 bridgehead atoms. The van der Waals surface area contributed by atoms with Crippen LogP contribution < -0.4 is 14.4 Å². The molecule has 2 aromatic rings. The topological polar surface area (TPSA) is 50.4 Å². The van der Waals surface area contributed by atoms with Gasteiger partial charge < -0.3 is 14.4 Å². The SMILES string of the molecule is COc1ccc2c(c1)N(Cc1cn[nH]c1C)CC(C)O2. The third-order valence-corrected chi connectivity index (χ3v) is 3.61. The van der Waals surface area contributed by atoms with Crippen molar-refractivity contribution in [1.82, 2.24) is 10.2 Å². The first-order valence-corrected chi connectivity index (χ1v) is 6.76. The Labute approximate surface area is 118 Å². The van der Waals surface area contributed by atoms with Crippen molar-refractivity contribution in [2.75, 3.05) is 18.6 Å². The van der Waals surface area contributed by atoms with E-state index in [1.165, 1.54) is 5.56 Å². The second-order valence-electron chi connectivity index (χ2n) is 5.16. The molecule has 0 radical (unpaired) electrons. The third kappa shape index (κ3) is 2.31. The van der Waals surface area contributed by atoms with Gasteiger partial charge in [-0.05, 0) is 26.0 Å². The van der Waals surface area contributed by atoms with Crippen molar-refractivity contribution in [3.05, 3.63) is 35.7 Å². The van der Waals surface area contributed by atoms with Gasteiger partial charge in [-0.25, -0.2) is 0 Å². The van der Waals surface area contributed by atoms with Crippen LogP contribution in [0.25, 0.3) is 0 Å². The van der Waals surface area contributed by atoms with Crippen LogP contribution in [0.1, 0.15) is 18.2 Å². The molecule has 1 aliphatic heterocycles. The van der Waals surface area contributed by atoms with E-state index in [-0.39, 0.29) is 6.10 Å². The van der Waals surface area contributed by atoms with Crippen LogP contribution in [0.15, 0.2) is 24.4 Å². The van der Waals surface area contributed by atoms with Crippen LogP contribution in [0.2, 0.25) is 0 Å². The van der Waals surface area contributed by atoms with Gasteiger partial charge in [-0.2, -0.15) is 5.10 Å². The molecule has 1 aliphatic rings. The van der Waals surface area contributed by atoms with Crippen molar-refractivity contribution in [2.45, 2.75) is 26.5 Å². The van der Waals surface area contributed by atoms with Crippen molar-refractivity contribution < 1.29 is 9.47 Å². The number of nitrogens with one attached hydrogen (secondary N) is 1. The monoisotopic (exact) mass is 273 g/mol. The lowest BCUT2D eigenvalue weighted by atomic mass is 10.1. The smallest absolute Gasteiger partial charge is 0.143 e. The quantitative estimate of drug-likeness (QED) is 0.933. The zero-order chi connectivity index (χ0) is 14.1. The Kier molecular flexibility index (Phi) is 3.26. The fourth-order valence-electron chi connectivity index (χ4n) is 2.52. The zero-order valence-corrected chi connectivity index (χ0v) is 12.0. The normalized spacial score (nSPS) is 17.6. The molecular weight excluding hydrogens is 254 g/mol. The number of nitrogens with zero attached hydrogens (tertiary/aromatic N) is 2. The minimum absolute atomic E-state index is 0.170. The molecule has 0 saturated heterocycles. The van der Waals surface area contributed by atoms with Gasteiger partial charge in [0.25, 0.3) is 0 Å². The average Bonchev–Trinajstić information content (AvgIpc) is 2.84. The molecule has 3 rings (SSSR count). The summed E-state index contributed by atoms with van der Waals surface area (Å²) in [4.78, 5) is 2.31. The number of hydrogen-bond donors (Lipinski definition) is 1. The molecule has 1 aromatic carbocycles. The van der Waals surface area contributed by atoms with Crippen LogP contribution in [0, 0.1) is 6.92 Å². The van der Waals surface area contributed by atoms with E-state index in [0.29, 0.717) is 0 Å². The molecule has 5 heteroatoms. The number of anilines is 1. The van der Waals surface area contributed by atoms with E-state index in [4.69, 9.17) is 9.47 Å². The number of benzene rings is 1. The Morgan fingerprint density at radius 2 is 2.35 bits per heavy atom. The van der Waals surface area contributed by atoms with Gasteiger partial charge in [0.15, 0.2) is 0 Å². The first kappa shape index (κ1) is 12.8. The first-order valence-electron chi connectivity index (χ1n) is 6.76. The van der Waals surface area contributed by atoms with E-state index in [2.05, 4.69) is 22.0 Å². The van der Waals surface area contributed by atoms with E-state index < -0.39 is 0 Å². The summed E-state index contributed by atoms with van der Waals surface area (Å²) in [5.41, 5.74) is 3.38. The average molecular weight is 273 g/mol. The minimum atomic E-state index is 0.170. The third-order valence-electron chi connectivity index (χ3n) is 3.61. The minimum Gasteiger partial charge on any atom is -0.497 e. The highest BCUT2D eigenvalue weighted by Gasteiger charge is 2.24. The summed E-state index contributed by atoms with van der Waals surface area (Å²) in [6.45, 7) is 5.79. The molecule has 1 aromatic heterocycles.